The maximum Gasteiger partial charge on any atom is 0.335 e. The van der Waals surface area contributed by atoms with E-state index in [-0.39, 0.29) is 0 Å². The monoisotopic (exact) mass is 324 g/mol. The summed E-state index contributed by atoms with van der Waals surface area (Å²) in [5, 5.41) is 9.09. The summed E-state index contributed by atoms with van der Waals surface area (Å²) >= 11 is 0. The number of hydrogen-bond acceptors (Lipinski definition) is 3. The van der Waals surface area contributed by atoms with Crippen molar-refractivity contribution in [2.75, 3.05) is 25.5 Å². The first-order valence-corrected chi connectivity index (χ1v) is 8.37. The molecular weight excluding hydrogens is 300 g/mol. The highest BCUT2D eigenvalue weighted by atomic mass is 16.4. The molecule has 2 atom stereocenters. The number of hydrogen-bond donors (Lipinski definition) is 1. The quantitative estimate of drug-likeness (QED) is 0.932. The summed E-state index contributed by atoms with van der Waals surface area (Å²) in [4.78, 5) is 15.8. The van der Waals surface area contributed by atoms with Crippen LogP contribution in [0.2, 0.25) is 0 Å². The Kier molecular flexibility index (Phi) is 4.86. The van der Waals surface area contributed by atoms with E-state index in [1.54, 1.807) is 12.1 Å². The van der Waals surface area contributed by atoms with Crippen LogP contribution in [0.4, 0.5) is 5.69 Å². The van der Waals surface area contributed by atoms with Gasteiger partial charge in [-0.3, -0.25) is 0 Å². The van der Waals surface area contributed by atoms with Crippen molar-refractivity contribution >= 4 is 11.7 Å². The molecule has 0 amide bonds. The normalized spacial score (nSPS) is 21.0. The third kappa shape index (κ3) is 3.44. The number of aromatic carboxylic acids is 1. The summed E-state index contributed by atoms with van der Waals surface area (Å²) in [5.41, 5.74) is 2.73. The number of carbonyl (C=O) groups is 1. The second kappa shape index (κ2) is 7.05. The van der Waals surface area contributed by atoms with Gasteiger partial charge in [-0.25, -0.2) is 4.79 Å². The highest BCUT2D eigenvalue weighted by molar-refractivity contribution is 5.88. The standard InChI is InChI=1S/C20H24N2O2/c1-21(2)18-12-13-22(17-10-8-16(9-11-17)20(23)24)19(14-18)15-6-4-3-5-7-15/h3-11,18-19H,12-14H2,1-2H3,(H,23,24). The molecule has 4 heteroatoms. The van der Waals surface area contributed by atoms with Crippen LogP contribution in [-0.4, -0.2) is 42.7 Å². The van der Waals surface area contributed by atoms with Crippen LogP contribution in [0.3, 0.4) is 0 Å². The Labute approximate surface area is 143 Å². The van der Waals surface area contributed by atoms with E-state index in [1.807, 2.05) is 18.2 Å². The number of nitrogens with zero attached hydrogens (tertiary/aromatic N) is 2. The maximum absolute atomic E-state index is 11.1. The average Bonchev–Trinajstić information content (AvgIpc) is 2.62. The van der Waals surface area contributed by atoms with Crippen LogP contribution in [0.5, 0.6) is 0 Å². The Morgan fingerprint density at radius 3 is 2.33 bits per heavy atom. The van der Waals surface area contributed by atoms with Crippen LogP contribution in [0.15, 0.2) is 54.6 Å². The molecule has 0 spiro atoms. The zero-order valence-electron chi connectivity index (χ0n) is 14.2. The molecule has 1 fully saturated rings. The number of carboxylic acids is 1. The molecule has 126 valence electrons. The van der Waals surface area contributed by atoms with Gasteiger partial charge in [-0.15, -0.1) is 0 Å². The highest BCUT2D eigenvalue weighted by Crippen LogP contribution is 2.36. The summed E-state index contributed by atoms with van der Waals surface area (Å²) in [7, 11) is 4.29. The van der Waals surface area contributed by atoms with E-state index in [1.165, 1.54) is 5.56 Å². The van der Waals surface area contributed by atoms with Crippen LogP contribution in [0, 0.1) is 0 Å². The van der Waals surface area contributed by atoms with Crippen molar-refractivity contribution in [2.45, 2.75) is 24.9 Å². The van der Waals surface area contributed by atoms with E-state index in [0.29, 0.717) is 17.6 Å². The second-order valence-electron chi connectivity index (χ2n) is 6.61. The summed E-state index contributed by atoms with van der Waals surface area (Å²) in [5.74, 6) is -0.882. The van der Waals surface area contributed by atoms with Gasteiger partial charge in [0.1, 0.15) is 0 Å². The fourth-order valence-electron chi connectivity index (χ4n) is 3.51. The van der Waals surface area contributed by atoms with Gasteiger partial charge < -0.3 is 14.9 Å². The van der Waals surface area contributed by atoms with Crippen molar-refractivity contribution in [2.24, 2.45) is 0 Å². The summed E-state index contributed by atoms with van der Waals surface area (Å²) in [6.45, 7) is 0.967. The van der Waals surface area contributed by atoms with Crippen molar-refractivity contribution < 1.29 is 9.90 Å². The van der Waals surface area contributed by atoms with E-state index in [4.69, 9.17) is 5.11 Å². The maximum atomic E-state index is 11.1. The molecule has 1 heterocycles. The summed E-state index contributed by atoms with van der Waals surface area (Å²) in [6, 6.07) is 18.7. The number of anilines is 1. The Bertz CT molecular complexity index is 683. The molecule has 1 saturated heterocycles. The van der Waals surface area contributed by atoms with E-state index in [0.717, 1.165) is 25.1 Å². The molecule has 2 aromatic rings. The van der Waals surface area contributed by atoms with Gasteiger partial charge in [0, 0.05) is 18.3 Å². The molecule has 2 aromatic carbocycles. The van der Waals surface area contributed by atoms with Gasteiger partial charge in [-0.2, -0.15) is 0 Å². The molecule has 1 N–H and O–H groups in total. The van der Waals surface area contributed by atoms with Gasteiger partial charge >= 0.3 is 5.97 Å². The lowest BCUT2D eigenvalue weighted by Gasteiger charge is -2.43. The molecule has 0 saturated carbocycles. The molecule has 1 aliphatic heterocycles. The fraction of sp³-hybridized carbons (Fsp3) is 0.350. The molecular formula is C20H24N2O2. The van der Waals surface area contributed by atoms with Crippen molar-refractivity contribution in [1.82, 2.24) is 4.90 Å². The molecule has 4 nitrogen and oxygen atoms in total. The largest absolute Gasteiger partial charge is 0.478 e. The molecule has 0 aliphatic carbocycles. The van der Waals surface area contributed by atoms with Gasteiger partial charge in [-0.1, -0.05) is 30.3 Å². The van der Waals surface area contributed by atoms with E-state index >= 15 is 0 Å². The van der Waals surface area contributed by atoms with E-state index in [9.17, 15) is 4.79 Å². The zero-order valence-corrected chi connectivity index (χ0v) is 14.2. The van der Waals surface area contributed by atoms with Crippen LogP contribution >= 0.6 is 0 Å². The van der Waals surface area contributed by atoms with Gasteiger partial charge in [0.05, 0.1) is 11.6 Å². The molecule has 2 unspecified atom stereocenters. The van der Waals surface area contributed by atoms with Gasteiger partial charge in [-0.05, 0) is 56.8 Å². The lowest BCUT2D eigenvalue weighted by molar-refractivity contribution is 0.0697. The number of piperidine rings is 1. The smallest absolute Gasteiger partial charge is 0.335 e. The molecule has 0 radical (unpaired) electrons. The van der Waals surface area contributed by atoms with Crippen molar-refractivity contribution in [3.8, 4) is 0 Å². The lowest BCUT2D eigenvalue weighted by Crippen LogP contribution is -2.44. The predicted octanol–water partition coefficient (Wildman–Crippen LogP) is 3.66. The Morgan fingerprint density at radius 1 is 1.08 bits per heavy atom. The van der Waals surface area contributed by atoms with E-state index in [2.05, 4.69) is 48.2 Å². The van der Waals surface area contributed by atoms with Crippen LogP contribution in [0.1, 0.15) is 34.8 Å². The van der Waals surface area contributed by atoms with Crippen LogP contribution in [-0.2, 0) is 0 Å². The molecule has 3 rings (SSSR count). The van der Waals surface area contributed by atoms with Gasteiger partial charge in [0.15, 0.2) is 0 Å². The first-order valence-electron chi connectivity index (χ1n) is 8.37. The first kappa shape index (κ1) is 16.5. The minimum absolute atomic E-state index is 0.308. The number of benzene rings is 2. The Morgan fingerprint density at radius 2 is 1.75 bits per heavy atom. The number of rotatable bonds is 4. The Hall–Kier alpha value is -2.33. The first-order chi connectivity index (χ1) is 11.6. The topological polar surface area (TPSA) is 43.8 Å². The minimum atomic E-state index is -0.882. The van der Waals surface area contributed by atoms with Crippen molar-refractivity contribution in [3.63, 3.8) is 0 Å². The predicted molar refractivity (Wildman–Crippen MR) is 96.6 cm³/mol. The van der Waals surface area contributed by atoms with Crippen molar-refractivity contribution in [1.29, 1.82) is 0 Å². The SMILES string of the molecule is CN(C)C1CCN(c2ccc(C(=O)O)cc2)C(c2ccccc2)C1. The molecule has 1 aliphatic rings. The second-order valence-corrected chi connectivity index (χ2v) is 6.61. The minimum Gasteiger partial charge on any atom is -0.478 e. The fourth-order valence-corrected chi connectivity index (χ4v) is 3.51. The summed E-state index contributed by atoms with van der Waals surface area (Å²) in [6.07, 6.45) is 2.18. The Balaban J connectivity index is 1.90. The molecule has 24 heavy (non-hydrogen) atoms. The van der Waals surface area contributed by atoms with Gasteiger partial charge in [0.25, 0.3) is 0 Å². The number of carboxylic acid groups (broad SMARTS) is 1. The highest BCUT2D eigenvalue weighted by Gasteiger charge is 2.30. The molecule has 0 bridgehead atoms. The molecule has 0 aromatic heterocycles. The summed E-state index contributed by atoms with van der Waals surface area (Å²) < 4.78 is 0. The van der Waals surface area contributed by atoms with E-state index < -0.39 is 5.97 Å². The van der Waals surface area contributed by atoms with Crippen molar-refractivity contribution in [3.05, 3.63) is 65.7 Å². The zero-order chi connectivity index (χ0) is 17.1. The average molecular weight is 324 g/mol. The van der Waals surface area contributed by atoms with Crippen LogP contribution < -0.4 is 4.90 Å². The lowest BCUT2D eigenvalue weighted by atomic mass is 9.90. The van der Waals surface area contributed by atoms with Crippen LogP contribution in [0.25, 0.3) is 0 Å². The third-order valence-corrected chi connectivity index (χ3v) is 4.94. The third-order valence-electron chi connectivity index (χ3n) is 4.94. The van der Waals surface area contributed by atoms with Gasteiger partial charge in [0.2, 0.25) is 0 Å².